The predicted molar refractivity (Wildman–Crippen MR) is 63.4 cm³/mol. The molecule has 1 saturated carbocycles. The Labute approximate surface area is 94.5 Å². The van der Waals surface area contributed by atoms with Crippen LogP contribution in [0.5, 0.6) is 0 Å². The predicted octanol–water partition coefficient (Wildman–Crippen LogP) is 0.760. The summed E-state index contributed by atoms with van der Waals surface area (Å²) in [5.41, 5.74) is 5.90. The van der Waals surface area contributed by atoms with Gasteiger partial charge in [-0.15, -0.1) is 0 Å². The number of aromatic amines is 1. The van der Waals surface area contributed by atoms with E-state index in [4.69, 9.17) is 5.73 Å². The first-order chi connectivity index (χ1) is 7.65. The molecule has 88 valence electrons. The molecule has 0 radical (unpaired) electrons. The van der Waals surface area contributed by atoms with E-state index >= 15 is 0 Å². The quantitative estimate of drug-likeness (QED) is 0.689. The normalized spacial score (nSPS) is 25.4. The molecule has 5 nitrogen and oxygen atoms in total. The molecule has 1 heterocycles. The Bertz CT molecular complexity index is 415. The number of nitrogens with zero attached hydrogens (tertiary/aromatic N) is 1. The summed E-state index contributed by atoms with van der Waals surface area (Å²) in [6.07, 6.45) is 4.48. The van der Waals surface area contributed by atoms with Crippen molar-refractivity contribution in [2.24, 2.45) is 5.73 Å². The van der Waals surface area contributed by atoms with Gasteiger partial charge in [0.05, 0.1) is 0 Å². The molecule has 0 amide bonds. The molecule has 0 saturated heterocycles. The molecule has 1 fully saturated rings. The largest absolute Gasteiger partial charge is 0.366 e. The number of nitrogens with two attached hydrogens (primary N) is 1. The van der Waals surface area contributed by atoms with Crippen LogP contribution in [0, 0.1) is 6.92 Å². The van der Waals surface area contributed by atoms with Gasteiger partial charge in [0.2, 0.25) is 0 Å². The average Bonchev–Trinajstić information content (AvgIpc) is 2.20. The second kappa shape index (κ2) is 4.65. The Hall–Kier alpha value is -1.36. The van der Waals surface area contributed by atoms with Crippen LogP contribution < -0.4 is 16.6 Å². The molecule has 0 bridgehead atoms. The minimum absolute atomic E-state index is 0.126. The third-order valence-corrected chi connectivity index (χ3v) is 3.01. The van der Waals surface area contributed by atoms with Gasteiger partial charge in [0, 0.05) is 18.2 Å². The Balaban J connectivity index is 2.10. The molecule has 0 aliphatic heterocycles. The third kappa shape index (κ3) is 2.61. The van der Waals surface area contributed by atoms with Crippen LogP contribution in [-0.2, 0) is 0 Å². The Morgan fingerprint density at radius 3 is 2.94 bits per heavy atom. The zero-order valence-electron chi connectivity index (χ0n) is 9.49. The molecule has 1 aromatic rings. The number of hydrogen-bond donors (Lipinski definition) is 3. The first kappa shape index (κ1) is 11.1. The number of aryl methyl sites for hydroxylation is 1. The van der Waals surface area contributed by atoms with E-state index in [2.05, 4.69) is 15.3 Å². The van der Waals surface area contributed by atoms with Crippen LogP contribution in [0.15, 0.2) is 10.9 Å². The van der Waals surface area contributed by atoms with Crippen LogP contribution in [0.2, 0.25) is 0 Å². The van der Waals surface area contributed by atoms with Crippen molar-refractivity contribution in [3.8, 4) is 0 Å². The topological polar surface area (TPSA) is 83.8 Å². The summed E-state index contributed by atoms with van der Waals surface area (Å²) in [5.74, 6) is 1.25. The highest BCUT2D eigenvalue weighted by Gasteiger charge is 2.21. The summed E-state index contributed by atoms with van der Waals surface area (Å²) in [6.45, 7) is 1.77. The van der Waals surface area contributed by atoms with Gasteiger partial charge in [-0.1, -0.05) is 12.8 Å². The number of aromatic nitrogens is 2. The minimum Gasteiger partial charge on any atom is -0.366 e. The molecule has 5 heteroatoms. The summed E-state index contributed by atoms with van der Waals surface area (Å²) in [4.78, 5) is 18.1. The highest BCUT2D eigenvalue weighted by Crippen LogP contribution is 2.19. The first-order valence-electron chi connectivity index (χ1n) is 5.75. The number of anilines is 1. The Morgan fingerprint density at radius 1 is 1.50 bits per heavy atom. The fourth-order valence-corrected chi connectivity index (χ4v) is 2.18. The average molecular weight is 222 g/mol. The molecule has 0 unspecified atom stereocenters. The molecular weight excluding hydrogens is 204 g/mol. The number of H-pyrrole nitrogens is 1. The van der Waals surface area contributed by atoms with Crippen molar-refractivity contribution >= 4 is 5.82 Å². The SMILES string of the molecule is Cc1nc(N[C@@H]2CCCC[C@H]2N)cc(=O)[nH]1. The lowest BCUT2D eigenvalue weighted by molar-refractivity contribution is 0.403. The summed E-state index contributed by atoms with van der Waals surface area (Å²) in [6, 6.07) is 1.88. The van der Waals surface area contributed by atoms with Gasteiger partial charge in [-0.25, -0.2) is 4.98 Å². The summed E-state index contributed by atoms with van der Waals surface area (Å²) in [7, 11) is 0. The van der Waals surface area contributed by atoms with E-state index in [-0.39, 0.29) is 17.6 Å². The number of rotatable bonds is 2. The van der Waals surface area contributed by atoms with Gasteiger partial charge in [-0.3, -0.25) is 4.79 Å². The van der Waals surface area contributed by atoms with Crippen LogP contribution in [0.3, 0.4) is 0 Å². The lowest BCUT2D eigenvalue weighted by atomic mass is 9.91. The van der Waals surface area contributed by atoms with E-state index in [9.17, 15) is 4.79 Å². The molecule has 0 spiro atoms. The van der Waals surface area contributed by atoms with E-state index < -0.39 is 0 Å². The molecule has 4 N–H and O–H groups in total. The third-order valence-electron chi connectivity index (χ3n) is 3.01. The lowest BCUT2D eigenvalue weighted by Gasteiger charge is -2.29. The Kier molecular flexibility index (Phi) is 3.24. The van der Waals surface area contributed by atoms with Crippen molar-refractivity contribution in [3.63, 3.8) is 0 Å². The zero-order chi connectivity index (χ0) is 11.5. The van der Waals surface area contributed by atoms with Crippen LogP contribution >= 0.6 is 0 Å². The second-order valence-electron chi connectivity index (χ2n) is 4.42. The fraction of sp³-hybridized carbons (Fsp3) is 0.636. The van der Waals surface area contributed by atoms with Gasteiger partial charge >= 0.3 is 0 Å². The zero-order valence-corrected chi connectivity index (χ0v) is 9.49. The van der Waals surface area contributed by atoms with Crippen molar-refractivity contribution in [1.29, 1.82) is 0 Å². The van der Waals surface area contributed by atoms with E-state index in [0.717, 1.165) is 12.8 Å². The maximum Gasteiger partial charge on any atom is 0.252 e. The summed E-state index contributed by atoms with van der Waals surface area (Å²) >= 11 is 0. The van der Waals surface area contributed by atoms with Crippen molar-refractivity contribution in [1.82, 2.24) is 9.97 Å². The summed E-state index contributed by atoms with van der Waals surface area (Å²) < 4.78 is 0. The highest BCUT2D eigenvalue weighted by molar-refractivity contribution is 5.34. The van der Waals surface area contributed by atoms with Gasteiger partial charge in [0.15, 0.2) is 0 Å². The molecule has 1 aliphatic rings. The molecule has 2 rings (SSSR count). The van der Waals surface area contributed by atoms with E-state index in [1.54, 1.807) is 6.92 Å². The van der Waals surface area contributed by atoms with Gasteiger partial charge < -0.3 is 16.0 Å². The molecule has 2 atom stereocenters. The standard InChI is InChI=1S/C11H18N4O/c1-7-13-10(6-11(16)14-7)15-9-5-3-2-4-8(9)12/h6,8-9H,2-5,12H2,1H3,(H2,13,14,15,16)/t8-,9-/m1/s1. The lowest BCUT2D eigenvalue weighted by Crippen LogP contribution is -2.43. The molecule has 1 aliphatic carbocycles. The Morgan fingerprint density at radius 2 is 2.25 bits per heavy atom. The fourth-order valence-electron chi connectivity index (χ4n) is 2.18. The van der Waals surface area contributed by atoms with E-state index in [1.165, 1.54) is 18.9 Å². The smallest absolute Gasteiger partial charge is 0.252 e. The van der Waals surface area contributed by atoms with E-state index in [0.29, 0.717) is 11.6 Å². The number of hydrogen-bond acceptors (Lipinski definition) is 4. The van der Waals surface area contributed by atoms with Crippen molar-refractivity contribution in [2.75, 3.05) is 5.32 Å². The van der Waals surface area contributed by atoms with Crippen molar-refractivity contribution in [3.05, 3.63) is 22.2 Å². The molecule has 1 aromatic heterocycles. The van der Waals surface area contributed by atoms with Gasteiger partial charge in [0.25, 0.3) is 5.56 Å². The van der Waals surface area contributed by atoms with Crippen LogP contribution in [0.1, 0.15) is 31.5 Å². The number of nitrogens with one attached hydrogen (secondary N) is 2. The second-order valence-corrected chi connectivity index (χ2v) is 4.42. The van der Waals surface area contributed by atoms with Crippen molar-refractivity contribution in [2.45, 2.75) is 44.7 Å². The monoisotopic (exact) mass is 222 g/mol. The molecule has 0 aromatic carbocycles. The molecular formula is C11H18N4O. The van der Waals surface area contributed by atoms with E-state index in [1.807, 2.05) is 0 Å². The van der Waals surface area contributed by atoms with Crippen LogP contribution in [-0.4, -0.2) is 22.1 Å². The van der Waals surface area contributed by atoms with Crippen molar-refractivity contribution < 1.29 is 0 Å². The highest BCUT2D eigenvalue weighted by atomic mass is 16.1. The van der Waals surface area contributed by atoms with Gasteiger partial charge in [0.1, 0.15) is 11.6 Å². The van der Waals surface area contributed by atoms with Gasteiger partial charge in [-0.2, -0.15) is 0 Å². The first-order valence-corrected chi connectivity index (χ1v) is 5.75. The maximum absolute atomic E-state index is 11.3. The summed E-state index contributed by atoms with van der Waals surface area (Å²) in [5, 5.41) is 3.26. The van der Waals surface area contributed by atoms with Crippen LogP contribution in [0.25, 0.3) is 0 Å². The molecule has 16 heavy (non-hydrogen) atoms. The van der Waals surface area contributed by atoms with Crippen LogP contribution in [0.4, 0.5) is 5.82 Å². The van der Waals surface area contributed by atoms with Gasteiger partial charge in [-0.05, 0) is 19.8 Å². The maximum atomic E-state index is 11.3. The minimum atomic E-state index is -0.126.